The Bertz CT molecular complexity index is 684. The topological polar surface area (TPSA) is 65.4 Å². The number of anilines is 1. The second kappa shape index (κ2) is 8.86. The molecular formula is C21H27N3O2. The standard InChI is InChI=1S/C21H27N3O2/c1-16-4-2-3-5-20(16)23-21(25)18(15-22)14-17-6-8-19(9-7-17)24-10-12-26-13-11-24/h6-9,14,16,20H,2-5,10-13H2,1H3,(H,23,25)/b18-14+. The second-order valence-electron chi connectivity index (χ2n) is 7.20. The summed E-state index contributed by atoms with van der Waals surface area (Å²) < 4.78 is 5.38. The molecular weight excluding hydrogens is 326 g/mol. The lowest BCUT2D eigenvalue weighted by Gasteiger charge is -2.29. The van der Waals surface area contributed by atoms with Gasteiger partial charge in [-0.3, -0.25) is 4.79 Å². The summed E-state index contributed by atoms with van der Waals surface area (Å²) in [6.07, 6.45) is 6.18. The average molecular weight is 353 g/mol. The third-order valence-electron chi connectivity index (χ3n) is 5.37. The zero-order valence-corrected chi connectivity index (χ0v) is 15.4. The smallest absolute Gasteiger partial charge is 0.262 e. The quantitative estimate of drug-likeness (QED) is 0.667. The Labute approximate surface area is 155 Å². The van der Waals surface area contributed by atoms with Crippen LogP contribution in [0.4, 0.5) is 5.69 Å². The van der Waals surface area contributed by atoms with Crippen molar-refractivity contribution in [1.82, 2.24) is 5.32 Å². The summed E-state index contributed by atoms with van der Waals surface area (Å²) in [4.78, 5) is 14.8. The third-order valence-corrected chi connectivity index (χ3v) is 5.37. The minimum atomic E-state index is -0.261. The van der Waals surface area contributed by atoms with Gasteiger partial charge in [0, 0.05) is 24.8 Å². The highest BCUT2D eigenvalue weighted by Gasteiger charge is 2.24. The van der Waals surface area contributed by atoms with E-state index in [1.165, 1.54) is 6.42 Å². The first-order valence-corrected chi connectivity index (χ1v) is 9.53. The van der Waals surface area contributed by atoms with E-state index in [-0.39, 0.29) is 17.5 Å². The average Bonchev–Trinajstić information content (AvgIpc) is 2.69. The van der Waals surface area contributed by atoms with Gasteiger partial charge in [0.25, 0.3) is 5.91 Å². The first kappa shape index (κ1) is 18.5. The highest BCUT2D eigenvalue weighted by atomic mass is 16.5. The Morgan fingerprint density at radius 2 is 1.92 bits per heavy atom. The fraction of sp³-hybridized carbons (Fsp3) is 0.524. The van der Waals surface area contributed by atoms with E-state index in [0.717, 1.165) is 56.8 Å². The van der Waals surface area contributed by atoms with E-state index in [2.05, 4.69) is 23.2 Å². The van der Waals surface area contributed by atoms with Crippen LogP contribution in [-0.4, -0.2) is 38.3 Å². The van der Waals surface area contributed by atoms with Crippen molar-refractivity contribution >= 4 is 17.7 Å². The maximum atomic E-state index is 12.5. The van der Waals surface area contributed by atoms with Gasteiger partial charge in [0.15, 0.2) is 0 Å². The van der Waals surface area contributed by atoms with Crippen molar-refractivity contribution in [3.63, 3.8) is 0 Å². The monoisotopic (exact) mass is 353 g/mol. The molecule has 1 N–H and O–H groups in total. The molecule has 0 bridgehead atoms. The Balaban J connectivity index is 1.66. The molecule has 1 saturated heterocycles. The van der Waals surface area contributed by atoms with Crippen LogP contribution in [0.3, 0.4) is 0 Å². The van der Waals surface area contributed by atoms with Crippen molar-refractivity contribution in [1.29, 1.82) is 5.26 Å². The van der Waals surface area contributed by atoms with Crippen LogP contribution in [0, 0.1) is 17.2 Å². The van der Waals surface area contributed by atoms with E-state index in [1.807, 2.05) is 24.3 Å². The zero-order valence-electron chi connectivity index (χ0n) is 15.4. The number of rotatable bonds is 4. The number of nitriles is 1. The Kier molecular flexibility index (Phi) is 6.30. The molecule has 0 spiro atoms. The molecule has 2 aliphatic rings. The van der Waals surface area contributed by atoms with Gasteiger partial charge < -0.3 is 15.0 Å². The van der Waals surface area contributed by atoms with Gasteiger partial charge in [-0.15, -0.1) is 0 Å². The number of benzene rings is 1. The third kappa shape index (κ3) is 4.64. The van der Waals surface area contributed by atoms with Crippen LogP contribution in [0.25, 0.3) is 6.08 Å². The molecule has 5 heteroatoms. The van der Waals surface area contributed by atoms with Gasteiger partial charge in [-0.2, -0.15) is 5.26 Å². The number of hydrogen-bond acceptors (Lipinski definition) is 4. The fourth-order valence-corrected chi connectivity index (χ4v) is 3.70. The van der Waals surface area contributed by atoms with Crippen molar-refractivity contribution in [3.05, 3.63) is 35.4 Å². The highest BCUT2D eigenvalue weighted by Crippen LogP contribution is 2.24. The normalized spacial score (nSPS) is 24.0. The van der Waals surface area contributed by atoms with Crippen molar-refractivity contribution < 1.29 is 9.53 Å². The molecule has 1 heterocycles. The fourth-order valence-electron chi connectivity index (χ4n) is 3.70. The maximum absolute atomic E-state index is 12.5. The lowest BCUT2D eigenvalue weighted by atomic mass is 9.86. The largest absolute Gasteiger partial charge is 0.378 e. The molecule has 3 rings (SSSR count). The highest BCUT2D eigenvalue weighted by molar-refractivity contribution is 6.01. The first-order valence-electron chi connectivity index (χ1n) is 9.53. The maximum Gasteiger partial charge on any atom is 0.262 e. The van der Waals surface area contributed by atoms with Gasteiger partial charge in [-0.25, -0.2) is 0 Å². The summed E-state index contributed by atoms with van der Waals surface area (Å²) >= 11 is 0. The van der Waals surface area contributed by atoms with Crippen LogP contribution in [0.2, 0.25) is 0 Å². The van der Waals surface area contributed by atoms with Crippen LogP contribution in [0.15, 0.2) is 29.8 Å². The summed E-state index contributed by atoms with van der Waals surface area (Å²) in [6.45, 7) is 5.45. The zero-order chi connectivity index (χ0) is 18.4. The Hall–Kier alpha value is -2.32. The molecule has 2 atom stereocenters. The lowest BCUT2D eigenvalue weighted by molar-refractivity contribution is -0.118. The minimum absolute atomic E-state index is 0.168. The molecule has 1 aromatic rings. The molecule has 2 fully saturated rings. The lowest BCUT2D eigenvalue weighted by Crippen LogP contribution is -2.41. The Morgan fingerprint density at radius 3 is 2.58 bits per heavy atom. The van der Waals surface area contributed by atoms with Crippen LogP contribution in [0.5, 0.6) is 0 Å². The summed E-state index contributed by atoms with van der Waals surface area (Å²) in [5.41, 5.74) is 2.18. The molecule has 1 aliphatic heterocycles. The predicted octanol–water partition coefficient (Wildman–Crippen LogP) is 3.13. The van der Waals surface area contributed by atoms with Crippen LogP contribution in [0.1, 0.15) is 38.2 Å². The number of amides is 1. The molecule has 138 valence electrons. The number of carbonyl (C=O) groups is 1. The Morgan fingerprint density at radius 1 is 1.23 bits per heavy atom. The molecule has 1 saturated carbocycles. The molecule has 1 aromatic carbocycles. The summed E-state index contributed by atoms with van der Waals surface area (Å²) in [7, 11) is 0. The van der Waals surface area contributed by atoms with Gasteiger partial charge in [0.05, 0.1) is 13.2 Å². The molecule has 1 aliphatic carbocycles. The number of nitrogens with zero attached hydrogens (tertiary/aromatic N) is 2. The number of ether oxygens (including phenoxy) is 1. The van der Waals surface area contributed by atoms with Gasteiger partial charge >= 0.3 is 0 Å². The molecule has 26 heavy (non-hydrogen) atoms. The molecule has 0 radical (unpaired) electrons. The molecule has 0 aromatic heterocycles. The van der Waals surface area contributed by atoms with E-state index in [4.69, 9.17) is 4.74 Å². The van der Waals surface area contributed by atoms with Gasteiger partial charge in [-0.1, -0.05) is 31.9 Å². The number of hydrogen-bond donors (Lipinski definition) is 1. The van der Waals surface area contributed by atoms with Crippen molar-refractivity contribution in [2.24, 2.45) is 5.92 Å². The van der Waals surface area contributed by atoms with E-state index < -0.39 is 0 Å². The minimum Gasteiger partial charge on any atom is -0.378 e. The SMILES string of the molecule is CC1CCCCC1NC(=O)/C(C#N)=C/c1ccc(N2CCOCC2)cc1. The van der Waals surface area contributed by atoms with Crippen molar-refractivity contribution in [3.8, 4) is 6.07 Å². The van der Waals surface area contributed by atoms with E-state index in [9.17, 15) is 10.1 Å². The van der Waals surface area contributed by atoms with Gasteiger partial charge in [-0.05, 0) is 42.5 Å². The second-order valence-corrected chi connectivity index (χ2v) is 7.20. The van der Waals surface area contributed by atoms with Crippen LogP contribution in [-0.2, 0) is 9.53 Å². The number of carbonyl (C=O) groups excluding carboxylic acids is 1. The summed E-state index contributed by atoms with van der Waals surface area (Å²) in [5, 5.41) is 12.5. The predicted molar refractivity (Wildman–Crippen MR) is 103 cm³/mol. The van der Waals surface area contributed by atoms with E-state index >= 15 is 0 Å². The van der Waals surface area contributed by atoms with Crippen molar-refractivity contribution in [2.75, 3.05) is 31.2 Å². The summed E-state index contributed by atoms with van der Waals surface area (Å²) in [6, 6.07) is 10.2. The number of nitrogens with one attached hydrogen (secondary N) is 1. The van der Waals surface area contributed by atoms with Crippen molar-refractivity contribution in [2.45, 2.75) is 38.6 Å². The van der Waals surface area contributed by atoms with E-state index in [0.29, 0.717) is 5.92 Å². The van der Waals surface area contributed by atoms with E-state index in [1.54, 1.807) is 6.08 Å². The molecule has 1 amide bonds. The molecule has 2 unspecified atom stereocenters. The summed E-state index contributed by atoms with van der Waals surface area (Å²) in [5.74, 6) is 0.212. The first-order chi connectivity index (χ1) is 12.7. The number of morpholine rings is 1. The van der Waals surface area contributed by atoms with Gasteiger partial charge in [0.1, 0.15) is 11.6 Å². The van der Waals surface area contributed by atoms with Gasteiger partial charge in [0.2, 0.25) is 0 Å². The van der Waals surface area contributed by atoms with Crippen LogP contribution < -0.4 is 10.2 Å². The van der Waals surface area contributed by atoms with Crippen LogP contribution >= 0.6 is 0 Å². The molecule has 5 nitrogen and oxygen atoms in total.